The fraction of sp³-hybridized carbons (Fsp3) is 0.200. The Morgan fingerprint density at radius 1 is 1.10 bits per heavy atom. The lowest BCUT2D eigenvalue weighted by Gasteiger charge is -2.28. The highest BCUT2D eigenvalue weighted by atomic mass is 127. The topological polar surface area (TPSA) is 89.0 Å². The number of amides is 4. The Balaban J connectivity index is 1.92. The number of carbonyl (C=O) groups is 3. The van der Waals surface area contributed by atoms with E-state index in [2.05, 4.69) is 27.6 Å². The molecule has 2 aromatic rings. The maximum atomic E-state index is 12.4. The van der Waals surface area contributed by atoms with Gasteiger partial charge in [-0.25, -0.2) is 4.79 Å². The smallest absolute Gasteiger partial charge is 0.333 e. The molecule has 1 saturated heterocycles. The number of imide groups is 2. The molecule has 0 radical (unpaired) electrons. The molecular weight excluding hydrogens is 489 g/mol. The Hall–Kier alpha value is -2.95. The van der Waals surface area contributed by atoms with Gasteiger partial charge in [0.2, 0.25) is 0 Å². The van der Waals surface area contributed by atoms with Gasteiger partial charge in [-0.05, 0) is 58.5 Å². The number of ether oxygens (including phenoxy) is 2. The molecule has 0 atom stereocenters. The van der Waals surface area contributed by atoms with Crippen LogP contribution in [-0.4, -0.2) is 53.8 Å². The van der Waals surface area contributed by atoms with E-state index in [1.54, 1.807) is 18.3 Å². The highest BCUT2D eigenvalue weighted by molar-refractivity contribution is 14.1. The molecule has 1 aromatic heterocycles. The first-order chi connectivity index (χ1) is 13.8. The summed E-state index contributed by atoms with van der Waals surface area (Å²) < 4.78 is 12.0. The van der Waals surface area contributed by atoms with Crippen LogP contribution in [0.15, 0.2) is 42.1 Å². The number of barbiturate groups is 1. The fourth-order valence-electron chi connectivity index (χ4n) is 2.73. The van der Waals surface area contributed by atoms with Crippen molar-refractivity contribution in [1.29, 1.82) is 0 Å². The molecule has 1 aliphatic heterocycles. The van der Waals surface area contributed by atoms with Crippen LogP contribution in [0.1, 0.15) is 11.3 Å². The van der Waals surface area contributed by atoms with E-state index in [1.807, 2.05) is 18.2 Å². The van der Waals surface area contributed by atoms with E-state index in [4.69, 9.17) is 9.47 Å². The lowest BCUT2D eigenvalue weighted by molar-refractivity contribution is -0.134. The van der Waals surface area contributed by atoms with E-state index in [-0.39, 0.29) is 12.2 Å². The third-order valence-electron chi connectivity index (χ3n) is 4.30. The maximum Gasteiger partial charge on any atom is 0.333 e. The van der Waals surface area contributed by atoms with Gasteiger partial charge in [-0.2, -0.15) is 0 Å². The summed E-state index contributed by atoms with van der Waals surface area (Å²) in [6, 6.07) is 8.32. The number of carbonyl (C=O) groups excluding carboxylic acids is 3. The zero-order chi connectivity index (χ0) is 21.1. The van der Waals surface area contributed by atoms with E-state index >= 15 is 0 Å². The zero-order valence-electron chi connectivity index (χ0n) is 16.0. The number of methoxy groups -OCH3 is 1. The van der Waals surface area contributed by atoms with Gasteiger partial charge in [0.1, 0.15) is 12.2 Å². The van der Waals surface area contributed by atoms with Crippen molar-refractivity contribution >= 4 is 46.5 Å². The van der Waals surface area contributed by atoms with E-state index < -0.39 is 17.8 Å². The Labute approximate surface area is 181 Å². The van der Waals surface area contributed by atoms with Gasteiger partial charge >= 0.3 is 6.03 Å². The van der Waals surface area contributed by atoms with E-state index in [0.29, 0.717) is 17.1 Å². The molecule has 1 aromatic carbocycles. The molecule has 0 N–H and O–H groups in total. The molecule has 0 spiro atoms. The van der Waals surface area contributed by atoms with Crippen molar-refractivity contribution in [3.63, 3.8) is 0 Å². The number of urea groups is 1. The standard InChI is InChI=1S/C20H18IN3O5/c1-23-18(25)14(19(26)24(2)20(23)27)8-12-9-15(21)17(16(10-12)28-3)29-11-13-6-4-5-7-22-13/h4-10H,11H2,1-3H3. The summed E-state index contributed by atoms with van der Waals surface area (Å²) in [5, 5.41) is 0. The second-order valence-corrected chi connectivity index (χ2v) is 7.37. The highest BCUT2D eigenvalue weighted by Gasteiger charge is 2.37. The SMILES string of the molecule is COc1cc(C=C2C(=O)N(C)C(=O)N(C)C2=O)cc(I)c1OCc1ccccn1. The number of pyridine rings is 1. The third-order valence-corrected chi connectivity index (χ3v) is 5.10. The Morgan fingerprint density at radius 3 is 2.38 bits per heavy atom. The molecule has 0 unspecified atom stereocenters. The van der Waals surface area contributed by atoms with Crippen molar-refractivity contribution in [2.24, 2.45) is 0 Å². The van der Waals surface area contributed by atoms with Crippen LogP contribution >= 0.6 is 22.6 Å². The molecule has 0 saturated carbocycles. The van der Waals surface area contributed by atoms with Gasteiger partial charge in [0.25, 0.3) is 11.8 Å². The van der Waals surface area contributed by atoms with E-state index in [0.717, 1.165) is 19.1 Å². The number of hydrogen-bond acceptors (Lipinski definition) is 6. The maximum absolute atomic E-state index is 12.4. The minimum absolute atomic E-state index is 0.102. The quantitative estimate of drug-likeness (QED) is 0.352. The lowest BCUT2D eigenvalue weighted by Crippen LogP contribution is -2.52. The molecule has 4 amide bonds. The highest BCUT2D eigenvalue weighted by Crippen LogP contribution is 2.35. The van der Waals surface area contributed by atoms with Crippen LogP contribution < -0.4 is 9.47 Å². The molecule has 2 heterocycles. The van der Waals surface area contributed by atoms with Crippen LogP contribution in [0, 0.1) is 3.57 Å². The molecule has 150 valence electrons. The first-order valence-corrected chi connectivity index (χ1v) is 9.63. The van der Waals surface area contributed by atoms with Crippen LogP contribution in [0.2, 0.25) is 0 Å². The average molecular weight is 507 g/mol. The third kappa shape index (κ3) is 4.24. The summed E-state index contributed by atoms with van der Waals surface area (Å²) in [6.07, 6.45) is 3.13. The first kappa shape index (κ1) is 20.8. The van der Waals surface area contributed by atoms with Gasteiger partial charge in [-0.1, -0.05) is 6.07 Å². The molecule has 8 nitrogen and oxygen atoms in total. The van der Waals surface area contributed by atoms with Crippen LogP contribution in [0.5, 0.6) is 11.5 Å². The molecule has 29 heavy (non-hydrogen) atoms. The molecule has 0 bridgehead atoms. The fourth-order valence-corrected chi connectivity index (χ4v) is 3.52. The molecule has 3 rings (SSSR count). The molecule has 9 heteroatoms. The number of benzene rings is 1. The summed E-state index contributed by atoms with van der Waals surface area (Å²) in [5.41, 5.74) is 1.24. The summed E-state index contributed by atoms with van der Waals surface area (Å²) in [6.45, 7) is 0.266. The van der Waals surface area contributed by atoms with Crippen molar-refractivity contribution in [2.45, 2.75) is 6.61 Å². The van der Waals surface area contributed by atoms with Gasteiger partial charge in [0, 0.05) is 20.3 Å². The first-order valence-electron chi connectivity index (χ1n) is 8.55. The second-order valence-electron chi connectivity index (χ2n) is 6.21. The number of hydrogen-bond donors (Lipinski definition) is 0. The Kier molecular flexibility index (Phi) is 6.16. The second kappa shape index (κ2) is 8.60. The largest absolute Gasteiger partial charge is 0.493 e. The number of nitrogens with zero attached hydrogens (tertiary/aromatic N) is 3. The average Bonchev–Trinajstić information content (AvgIpc) is 2.73. The van der Waals surface area contributed by atoms with Crippen molar-refractivity contribution in [1.82, 2.24) is 14.8 Å². The predicted molar refractivity (Wildman–Crippen MR) is 113 cm³/mol. The van der Waals surface area contributed by atoms with E-state index in [9.17, 15) is 14.4 Å². The lowest BCUT2D eigenvalue weighted by atomic mass is 10.1. The normalized spacial score (nSPS) is 14.3. The van der Waals surface area contributed by atoms with Gasteiger partial charge in [-0.15, -0.1) is 0 Å². The van der Waals surface area contributed by atoms with Crippen molar-refractivity contribution in [2.75, 3.05) is 21.2 Å². The molecular formula is C20H18IN3O5. The minimum Gasteiger partial charge on any atom is -0.493 e. The summed E-state index contributed by atoms with van der Waals surface area (Å²) >= 11 is 2.09. The number of likely N-dealkylation sites (N-methyl/N-ethyl adjacent to an activating group) is 2. The Morgan fingerprint density at radius 2 is 1.79 bits per heavy atom. The van der Waals surface area contributed by atoms with Crippen LogP contribution in [0.25, 0.3) is 6.08 Å². The van der Waals surface area contributed by atoms with Crippen LogP contribution in [-0.2, 0) is 16.2 Å². The Bertz CT molecular complexity index is 981. The van der Waals surface area contributed by atoms with Gasteiger partial charge in [0.15, 0.2) is 11.5 Å². The number of aromatic nitrogens is 1. The summed E-state index contributed by atoms with van der Waals surface area (Å²) in [7, 11) is 4.17. The van der Waals surface area contributed by atoms with Crippen LogP contribution in [0.3, 0.4) is 0 Å². The van der Waals surface area contributed by atoms with Crippen molar-refractivity contribution < 1.29 is 23.9 Å². The van der Waals surface area contributed by atoms with Gasteiger partial charge < -0.3 is 9.47 Å². The molecule has 0 aliphatic carbocycles. The molecule has 1 fully saturated rings. The number of rotatable bonds is 5. The van der Waals surface area contributed by atoms with Crippen LogP contribution in [0.4, 0.5) is 4.79 Å². The van der Waals surface area contributed by atoms with Crippen molar-refractivity contribution in [3.05, 3.63) is 56.9 Å². The van der Waals surface area contributed by atoms with Crippen molar-refractivity contribution in [3.8, 4) is 11.5 Å². The molecule has 1 aliphatic rings. The zero-order valence-corrected chi connectivity index (χ0v) is 18.2. The summed E-state index contributed by atoms with van der Waals surface area (Å²) in [4.78, 5) is 42.7. The monoisotopic (exact) mass is 507 g/mol. The van der Waals surface area contributed by atoms with Gasteiger partial charge in [-0.3, -0.25) is 24.4 Å². The predicted octanol–water partition coefficient (Wildman–Crippen LogP) is 2.71. The summed E-state index contributed by atoms with van der Waals surface area (Å²) in [5.74, 6) is -0.315. The van der Waals surface area contributed by atoms with E-state index in [1.165, 1.54) is 27.3 Å². The minimum atomic E-state index is -0.664. The van der Waals surface area contributed by atoms with Gasteiger partial charge in [0.05, 0.1) is 16.4 Å². The number of halogens is 1.